The number of nitrogens with zero attached hydrogens (tertiary/aromatic N) is 2. The number of imide groups is 1. The molecule has 0 unspecified atom stereocenters. The van der Waals surface area contributed by atoms with Crippen molar-refractivity contribution in [1.82, 2.24) is 20.4 Å². The average Bonchev–Trinajstić information content (AvgIpc) is 3.28. The third-order valence-electron chi connectivity index (χ3n) is 6.30. The van der Waals surface area contributed by atoms with Crippen LogP contribution in [0, 0.1) is 5.82 Å². The van der Waals surface area contributed by atoms with E-state index in [0.29, 0.717) is 44.1 Å². The van der Waals surface area contributed by atoms with Crippen molar-refractivity contribution >= 4 is 17.8 Å². The van der Waals surface area contributed by atoms with Crippen LogP contribution in [0.2, 0.25) is 0 Å². The number of halogens is 1. The van der Waals surface area contributed by atoms with E-state index in [4.69, 9.17) is 0 Å². The molecule has 2 aliphatic heterocycles. The van der Waals surface area contributed by atoms with Crippen molar-refractivity contribution in [1.29, 1.82) is 0 Å². The molecule has 3 aliphatic rings. The molecule has 2 heterocycles. The highest BCUT2D eigenvalue weighted by molar-refractivity contribution is 6.07. The van der Waals surface area contributed by atoms with Crippen molar-refractivity contribution in [2.45, 2.75) is 56.7 Å². The summed E-state index contributed by atoms with van der Waals surface area (Å²) in [6.45, 7) is 1.61. The lowest BCUT2D eigenvalue weighted by Gasteiger charge is -2.37. The van der Waals surface area contributed by atoms with E-state index < -0.39 is 11.6 Å². The lowest BCUT2D eigenvalue weighted by Crippen LogP contribution is -2.56. The van der Waals surface area contributed by atoms with Gasteiger partial charge in [0.25, 0.3) is 5.91 Å². The molecule has 4 amide bonds. The molecule has 156 valence electrons. The third-order valence-corrected chi connectivity index (χ3v) is 6.30. The van der Waals surface area contributed by atoms with Crippen molar-refractivity contribution in [3.05, 3.63) is 35.6 Å². The number of amides is 4. The van der Waals surface area contributed by atoms with Crippen LogP contribution in [-0.2, 0) is 16.1 Å². The molecule has 2 N–H and O–H groups in total. The van der Waals surface area contributed by atoms with Gasteiger partial charge in [0.1, 0.15) is 11.4 Å². The Kier molecular flexibility index (Phi) is 5.54. The molecule has 1 aromatic carbocycles. The van der Waals surface area contributed by atoms with E-state index in [9.17, 15) is 18.8 Å². The smallest absolute Gasteiger partial charge is 0.325 e. The number of hydrogen-bond acceptors (Lipinski definition) is 4. The zero-order valence-electron chi connectivity index (χ0n) is 16.5. The normalized spacial score (nSPS) is 22.3. The van der Waals surface area contributed by atoms with E-state index in [2.05, 4.69) is 10.6 Å². The summed E-state index contributed by atoms with van der Waals surface area (Å²) >= 11 is 0. The number of urea groups is 1. The van der Waals surface area contributed by atoms with Gasteiger partial charge in [0.15, 0.2) is 0 Å². The van der Waals surface area contributed by atoms with E-state index in [1.165, 1.54) is 29.9 Å². The Morgan fingerprint density at radius 3 is 2.45 bits per heavy atom. The molecule has 8 heteroatoms. The maximum Gasteiger partial charge on any atom is 0.325 e. The van der Waals surface area contributed by atoms with E-state index in [1.807, 2.05) is 4.90 Å². The van der Waals surface area contributed by atoms with Crippen LogP contribution in [-0.4, -0.2) is 58.9 Å². The monoisotopic (exact) mass is 402 g/mol. The first kappa shape index (κ1) is 19.8. The summed E-state index contributed by atoms with van der Waals surface area (Å²) in [5.74, 6) is -0.554. The van der Waals surface area contributed by atoms with Crippen molar-refractivity contribution < 1.29 is 18.8 Å². The fourth-order valence-corrected chi connectivity index (χ4v) is 4.57. The molecule has 1 saturated carbocycles. The molecule has 1 aliphatic carbocycles. The summed E-state index contributed by atoms with van der Waals surface area (Å²) < 4.78 is 13.1. The van der Waals surface area contributed by atoms with Gasteiger partial charge >= 0.3 is 6.03 Å². The molecule has 0 atom stereocenters. The minimum Gasteiger partial charge on any atom is -0.352 e. The van der Waals surface area contributed by atoms with Gasteiger partial charge in [-0.15, -0.1) is 0 Å². The van der Waals surface area contributed by atoms with Gasteiger partial charge in [-0.05, 0) is 43.4 Å². The molecule has 0 aromatic heterocycles. The van der Waals surface area contributed by atoms with Gasteiger partial charge in [0.2, 0.25) is 5.91 Å². The third kappa shape index (κ3) is 4.27. The number of hydrogen-bond donors (Lipinski definition) is 2. The van der Waals surface area contributed by atoms with Crippen molar-refractivity contribution in [3.63, 3.8) is 0 Å². The van der Waals surface area contributed by atoms with Crippen LogP contribution in [0.4, 0.5) is 9.18 Å². The number of carbonyl (C=O) groups excluding carboxylic acids is 3. The molecule has 29 heavy (non-hydrogen) atoms. The maximum absolute atomic E-state index is 13.1. The van der Waals surface area contributed by atoms with E-state index >= 15 is 0 Å². The van der Waals surface area contributed by atoms with Crippen LogP contribution >= 0.6 is 0 Å². The number of benzene rings is 1. The minimum atomic E-state index is -0.893. The SMILES string of the molecule is O=C(CN1CCC2(CC1)NC(=O)N(Cc1ccc(F)cc1)C2=O)NC1CCCC1. The molecule has 2 saturated heterocycles. The Hall–Kier alpha value is -2.48. The fraction of sp³-hybridized carbons (Fsp3) is 0.571. The molecule has 3 fully saturated rings. The highest BCUT2D eigenvalue weighted by atomic mass is 19.1. The number of nitrogens with one attached hydrogen (secondary N) is 2. The maximum atomic E-state index is 13.1. The largest absolute Gasteiger partial charge is 0.352 e. The van der Waals surface area contributed by atoms with E-state index in [1.54, 1.807) is 12.1 Å². The average molecular weight is 402 g/mol. The van der Waals surface area contributed by atoms with Crippen LogP contribution in [0.15, 0.2) is 24.3 Å². The molecular formula is C21H27FN4O3. The fourth-order valence-electron chi connectivity index (χ4n) is 4.57. The molecule has 1 spiro atoms. The van der Waals surface area contributed by atoms with Gasteiger partial charge in [-0.25, -0.2) is 9.18 Å². The number of carbonyl (C=O) groups is 3. The summed E-state index contributed by atoms with van der Waals surface area (Å²) in [7, 11) is 0. The van der Waals surface area contributed by atoms with Gasteiger partial charge in [-0.2, -0.15) is 0 Å². The summed E-state index contributed by atoms with van der Waals surface area (Å²) in [5.41, 5.74) is -0.191. The second-order valence-corrected chi connectivity index (χ2v) is 8.36. The lowest BCUT2D eigenvalue weighted by atomic mass is 9.87. The predicted molar refractivity (Wildman–Crippen MR) is 104 cm³/mol. The quantitative estimate of drug-likeness (QED) is 0.736. The van der Waals surface area contributed by atoms with Crippen LogP contribution in [0.1, 0.15) is 44.1 Å². The van der Waals surface area contributed by atoms with Gasteiger partial charge in [-0.1, -0.05) is 25.0 Å². The van der Waals surface area contributed by atoms with Crippen LogP contribution in [0.3, 0.4) is 0 Å². The molecule has 0 bridgehead atoms. The number of piperidine rings is 1. The van der Waals surface area contributed by atoms with Gasteiger partial charge in [0.05, 0.1) is 13.1 Å². The summed E-state index contributed by atoms with van der Waals surface area (Å²) in [4.78, 5) is 40.9. The van der Waals surface area contributed by atoms with Crippen LogP contribution in [0.5, 0.6) is 0 Å². The molecular weight excluding hydrogens is 375 g/mol. The minimum absolute atomic E-state index is 0.0348. The van der Waals surface area contributed by atoms with Crippen molar-refractivity contribution in [3.8, 4) is 0 Å². The van der Waals surface area contributed by atoms with E-state index in [0.717, 1.165) is 12.8 Å². The Labute approximate surface area is 169 Å². The zero-order valence-corrected chi connectivity index (χ0v) is 16.5. The number of rotatable bonds is 5. The van der Waals surface area contributed by atoms with Crippen molar-refractivity contribution in [2.75, 3.05) is 19.6 Å². The molecule has 4 rings (SSSR count). The molecule has 7 nitrogen and oxygen atoms in total. The predicted octanol–water partition coefficient (Wildman–Crippen LogP) is 1.77. The van der Waals surface area contributed by atoms with Gasteiger partial charge in [0, 0.05) is 19.1 Å². The number of likely N-dealkylation sites (tertiary alicyclic amines) is 1. The van der Waals surface area contributed by atoms with Gasteiger partial charge in [-0.3, -0.25) is 19.4 Å². The Balaban J connectivity index is 1.31. The second-order valence-electron chi connectivity index (χ2n) is 8.36. The topological polar surface area (TPSA) is 81.8 Å². The first-order valence-corrected chi connectivity index (χ1v) is 10.4. The molecule has 0 radical (unpaired) electrons. The standard InChI is InChI=1S/C21H27FN4O3/c22-16-7-5-15(6-8-16)13-26-19(28)21(24-20(26)29)9-11-25(12-10-21)14-18(27)23-17-3-1-2-4-17/h5-8,17H,1-4,9-14H2,(H,23,27)(H,24,29). The van der Waals surface area contributed by atoms with Crippen LogP contribution in [0.25, 0.3) is 0 Å². The van der Waals surface area contributed by atoms with Crippen LogP contribution < -0.4 is 10.6 Å². The lowest BCUT2D eigenvalue weighted by molar-refractivity contribution is -0.133. The zero-order chi connectivity index (χ0) is 20.4. The highest BCUT2D eigenvalue weighted by Crippen LogP contribution is 2.30. The first-order valence-electron chi connectivity index (χ1n) is 10.4. The Morgan fingerprint density at radius 1 is 1.14 bits per heavy atom. The van der Waals surface area contributed by atoms with E-state index in [-0.39, 0.29) is 24.2 Å². The first-order chi connectivity index (χ1) is 13.9. The molecule has 1 aromatic rings. The summed E-state index contributed by atoms with van der Waals surface area (Å²) in [6, 6.07) is 5.68. The summed E-state index contributed by atoms with van der Waals surface area (Å²) in [5, 5.41) is 5.96. The van der Waals surface area contributed by atoms with Crippen molar-refractivity contribution in [2.24, 2.45) is 0 Å². The van der Waals surface area contributed by atoms with Gasteiger partial charge < -0.3 is 10.6 Å². The summed E-state index contributed by atoms with van der Waals surface area (Å²) in [6.07, 6.45) is 5.42. The second kappa shape index (κ2) is 8.10. The highest BCUT2D eigenvalue weighted by Gasteiger charge is 2.52. The Morgan fingerprint density at radius 2 is 1.79 bits per heavy atom. The Bertz CT molecular complexity index is 784.